The highest BCUT2D eigenvalue weighted by atomic mass is 16.5. The fourth-order valence-corrected chi connectivity index (χ4v) is 6.88. The lowest BCUT2D eigenvalue weighted by molar-refractivity contribution is -0.133. The second kappa shape index (κ2) is 5.51. The zero-order chi connectivity index (χ0) is 19.0. The van der Waals surface area contributed by atoms with E-state index in [4.69, 9.17) is 4.74 Å². The molecule has 4 aliphatic rings. The molecule has 5 heteroatoms. The topological polar surface area (TPSA) is 61.8 Å². The molecule has 2 aliphatic carbocycles. The number of phenols is 1. The molecule has 1 unspecified atom stereocenters. The maximum Gasteiger partial charge on any atom is 0.217 e. The average molecular weight is 368 g/mol. The van der Waals surface area contributed by atoms with Crippen LogP contribution in [0.15, 0.2) is 24.8 Å². The zero-order valence-electron chi connectivity index (χ0n) is 16.1. The Bertz CT molecular complexity index is 837. The van der Waals surface area contributed by atoms with Crippen LogP contribution in [-0.4, -0.2) is 47.2 Å². The molecule has 2 fully saturated rings. The lowest BCUT2D eigenvalue weighted by atomic mass is 9.43. The molecule has 1 aromatic carbocycles. The van der Waals surface area contributed by atoms with Gasteiger partial charge in [0, 0.05) is 30.5 Å². The van der Waals surface area contributed by atoms with Crippen LogP contribution < -0.4 is 10.1 Å². The zero-order valence-corrected chi connectivity index (χ0v) is 16.1. The third-order valence-electron chi connectivity index (χ3n) is 7.89. The molecular formula is C22H28N2O3. The molecule has 0 aromatic heterocycles. The summed E-state index contributed by atoms with van der Waals surface area (Å²) in [5.41, 5.74) is 2.42. The predicted octanol–water partition coefficient (Wildman–Crippen LogP) is 2.51. The van der Waals surface area contributed by atoms with Gasteiger partial charge in [0.15, 0.2) is 11.5 Å². The van der Waals surface area contributed by atoms with Crippen LogP contribution in [0.1, 0.15) is 44.2 Å². The van der Waals surface area contributed by atoms with Gasteiger partial charge in [-0.3, -0.25) is 9.69 Å². The van der Waals surface area contributed by atoms with Crippen molar-refractivity contribution in [3.05, 3.63) is 35.9 Å². The van der Waals surface area contributed by atoms with Gasteiger partial charge in [0.1, 0.15) is 6.10 Å². The normalized spacial score (nSPS) is 38.7. The number of aromatic hydroxyl groups is 1. The van der Waals surface area contributed by atoms with Gasteiger partial charge in [0.2, 0.25) is 5.91 Å². The lowest BCUT2D eigenvalue weighted by Crippen LogP contribution is -2.73. The number of hydrogen-bond donors (Lipinski definition) is 2. The molecule has 1 aromatic rings. The molecule has 1 spiro atoms. The van der Waals surface area contributed by atoms with E-state index in [-0.39, 0.29) is 34.6 Å². The SMILES string of the molecule is C=CCN1CC[C@]23c4c5ccc(O)c4O[C@H]2[C@@H](NC(C)=O)CC[C@@]3(C)C1C5. The highest BCUT2D eigenvalue weighted by molar-refractivity contribution is 5.73. The Hall–Kier alpha value is -2.01. The number of benzene rings is 1. The van der Waals surface area contributed by atoms with Gasteiger partial charge < -0.3 is 15.2 Å². The third-order valence-corrected chi connectivity index (χ3v) is 7.89. The minimum absolute atomic E-state index is 0.0135. The summed E-state index contributed by atoms with van der Waals surface area (Å²) >= 11 is 0. The number of hydrogen-bond acceptors (Lipinski definition) is 4. The van der Waals surface area contributed by atoms with Gasteiger partial charge in [-0.25, -0.2) is 0 Å². The van der Waals surface area contributed by atoms with Crippen LogP contribution in [0.3, 0.4) is 0 Å². The van der Waals surface area contributed by atoms with E-state index in [2.05, 4.69) is 29.8 Å². The Morgan fingerprint density at radius 2 is 2.30 bits per heavy atom. The number of amides is 1. The number of ether oxygens (including phenoxy) is 1. The number of phenolic OH excluding ortho intramolecular Hbond substituents is 1. The van der Waals surface area contributed by atoms with E-state index in [1.165, 1.54) is 11.1 Å². The Labute approximate surface area is 160 Å². The van der Waals surface area contributed by atoms with Gasteiger partial charge >= 0.3 is 0 Å². The van der Waals surface area contributed by atoms with Gasteiger partial charge in [-0.15, -0.1) is 6.58 Å². The molecular weight excluding hydrogens is 340 g/mol. The molecule has 27 heavy (non-hydrogen) atoms. The Balaban J connectivity index is 1.72. The van der Waals surface area contributed by atoms with Crippen LogP contribution in [0, 0.1) is 5.41 Å². The number of likely N-dealkylation sites (tertiary alicyclic amines) is 1. The van der Waals surface area contributed by atoms with Crippen molar-refractivity contribution in [3.8, 4) is 11.5 Å². The number of carbonyl (C=O) groups excluding carboxylic acids is 1. The summed E-state index contributed by atoms with van der Waals surface area (Å²) in [7, 11) is 0. The fraction of sp³-hybridized carbons (Fsp3) is 0.591. The number of piperidine rings is 1. The first-order valence-electron chi connectivity index (χ1n) is 10.1. The second-order valence-electron chi connectivity index (χ2n) is 8.97. The molecule has 144 valence electrons. The van der Waals surface area contributed by atoms with Crippen molar-refractivity contribution in [1.29, 1.82) is 0 Å². The number of rotatable bonds is 3. The van der Waals surface area contributed by atoms with Crippen molar-refractivity contribution in [2.45, 2.75) is 63.1 Å². The number of carbonyl (C=O) groups is 1. The van der Waals surface area contributed by atoms with Gasteiger partial charge in [-0.05, 0) is 49.3 Å². The molecule has 0 radical (unpaired) electrons. The summed E-state index contributed by atoms with van der Waals surface area (Å²) in [6.45, 7) is 9.85. The summed E-state index contributed by atoms with van der Waals surface area (Å²) in [6.07, 6.45) is 5.81. The first kappa shape index (κ1) is 17.1. The average Bonchev–Trinajstić information content (AvgIpc) is 2.97. The summed E-state index contributed by atoms with van der Waals surface area (Å²) < 4.78 is 6.48. The van der Waals surface area contributed by atoms with E-state index in [1.54, 1.807) is 13.0 Å². The van der Waals surface area contributed by atoms with Crippen molar-refractivity contribution in [1.82, 2.24) is 10.2 Å². The van der Waals surface area contributed by atoms with Crippen molar-refractivity contribution in [3.63, 3.8) is 0 Å². The smallest absolute Gasteiger partial charge is 0.217 e. The van der Waals surface area contributed by atoms with E-state index in [9.17, 15) is 9.90 Å². The predicted molar refractivity (Wildman–Crippen MR) is 103 cm³/mol. The van der Waals surface area contributed by atoms with E-state index < -0.39 is 0 Å². The highest BCUT2D eigenvalue weighted by Gasteiger charge is 2.71. The van der Waals surface area contributed by atoms with Gasteiger partial charge in [-0.1, -0.05) is 19.1 Å². The summed E-state index contributed by atoms with van der Waals surface area (Å²) in [6, 6.07) is 4.26. The molecule has 2 aliphatic heterocycles. The minimum Gasteiger partial charge on any atom is -0.504 e. The molecule has 1 saturated carbocycles. The van der Waals surface area contributed by atoms with Gasteiger partial charge in [-0.2, -0.15) is 0 Å². The Morgan fingerprint density at radius 3 is 3.04 bits per heavy atom. The molecule has 5 nitrogen and oxygen atoms in total. The quantitative estimate of drug-likeness (QED) is 0.805. The third kappa shape index (κ3) is 1.96. The van der Waals surface area contributed by atoms with Crippen LogP contribution in [-0.2, 0) is 16.6 Å². The molecule has 5 atom stereocenters. The summed E-state index contributed by atoms with van der Waals surface area (Å²) in [4.78, 5) is 14.4. The Morgan fingerprint density at radius 1 is 1.48 bits per heavy atom. The standard InChI is InChI=1S/C22H28N2O3/c1-4-10-24-11-9-22-18-14-5-6-16(26)19(18)27-20(22)15(23-13(2)25)7-8-21(22,3)17(24)12-14/h4-6,15,17,20,26H,1,7-12H2,2-3H3,(H,23,25)/t15-,17?,20-,21-,22-/m0/s1. The van der Waals surface area contributed by atoms with Crippen molar-refractivity contribution in [2.75, 3.05) is 13.1 Å². The van der Waals surface area contributed by atoms with Gasteiger partial charge in [0.25, 0.3) is 0 Å². The maximum atomic E-state index is 11.9. The maximum absolute atomic E-state index is 11.9. The number of nitrogens with zero attached hydrogens (tertiary/aromatic N) is 1. The molecule has 5 rings (SSSR count). The number of nitrogens with one attached hydrogen (secondary N) is 1. The minimum atomic E-state index is -0.150. The molecule has 2 bridgehead atoms. The fourth-order valence-electron chi connectivity index (χ4n) is 6.88. The molecule has 1 saturated heterocycles. The van der Waals surface area contributed by atoms with Crippen LogP contribution in [0.5, 0.6) is 11.5 Å². The first-order valence-corrected chi connectivity index (χ1v) is 10.1. The molecule has 2 N–H and O–H groups in total. The van der Waals surface area contributed by atoms with Crippen molar-refractivity contribution >= 4 is 5.91 Å². The van der Waals surface area contributed by atoms with E-state index in [1.807, 2.05) is 6.08 Å². The monoisotopic (exact) mass is 368 g/mol. The molecule has 2 heterocycles. The Kier molecular flexibility index (Phi) is 3.49. The van der Waals surface area contributed by atoms with Crippen LogP contribution >= 0.6 is 0 Å². The lowest BCUT2D eigenvalue weighted by Gasteiger charge is -2.65. The highest BCUT2D eigenvalue weighted by Crippen LogP contribution is 2.68. The van der Waals surface area contributed by atoms with E-state index >= 15 is 0 Å². The largest absolute Gasteiger partial charge is 0.504 e. The van der Waals surface area contributed by atoms with E-state index in [0.29, 0.717) is 11.8 Å². The van der Waals surface area contributed by atoms with Crippen LogP contribution in [0.25, 0.3) is 0 Å². The van der Waals surface area contributed by atoms with Crippen LogP contribution in [0.2, 0.25) is 0 Å². The summed E-state index contributed by atoms with van der Waals surface area (Å²) in [5, 5.41) is 13.7. The second-order valence-corrected chi connectivity index (χ2v) is 8.97. The first-order chi connectivity index (χ1) is 12.9. The van der Waals surface area contributed by atoms with Crippen molar-refractivity contribution in [2.24, 2.45) is 5.41 Å². The van der Waals surface area contributed by atoms with E-state index in [0.717, 1.165) is 38.8 Å². The van der Waals surface area contributed by atoms with Crippen molar-refractivity contribution < 1.29 is 14.6 Å². The molecule has 1 amide bonds. The van der Waals surface area contributed by atoms with Gasteiger partial charge in [0.05, 0.1) is 6.04 Å². The van der Waals surface area contributed by atoms with Crippen LogP contribution in [0.4, 0.5) is 0 Å². The summed E-state index contributed by atoms with van der Waals surface area (Å²) in [5.74, 6) is 0.880.